The summed E-state index contributed by atoms with van der Waals surface area (Å²) in [5, 5.41) is 1.29. The fraction of sp³-hybridized carbons (Fsp3) is 0.500. The number of anilines is 6. The molecule has 68 heavy (non-hydrogen) atoms. The van der Waals surface area contributed by atoms with Crippen molar-refractivity contribution >= 4 is 68.4 Å². The first kappa shape index (κ1) is 44.5. The Labute approximate surface area is 409 Å². The molecule has 7 aliphatic rings. The van der Waals surface area contributed by atoms with E-state index in [-0.39, 0.29) is 50.0 Å². The molecule has 0 spiro atoms. The molecule has 0 N–H and O–H groups in total. The van der Waals surface area contributed by atoms with Crippen LogP contribution in [0.2, 0.25) is 0 Å². The SMILES string of the molecule is CC(C)(C)c1ccc(N2c3cc(C(C)(C)C)cc4c3B(c3cc5c(cc3N4c3ccc4c(c3)C(C)(C)CCC4(C)C)C(C)(C)CCC5(C)C)c3c2oc2cc4c(cc32)C2(C)CCC4(C)CC2)cc1. The van der Waals surface area contributed by atoms with Crippen molar-refractivity contribution in [2.24, 2.45) is 0 Å². The third-order valence-electron chi connectivity index (χ3n) is 19.5. The van der Waals surface area contributed by atoms with Crippen molar-refractivity contribution in [1.82, 2.24) is 0 Å². The first-order chi connectivity index (χ1) is 31.6. The van der Waals surface area contributed by atoms with Crippen molar-refractivity contribution in [2.75, 3.05) is 9.80 Å². The number of hydrogen-bond donors (Lipinski definition) is 0. The molecule has 1 saturated carbocycles. The third-order valence-corrected chi connectivity index (χ3v) is 19.5. The Morgan fingerprint density at radius 3 is 1.47 bits per heavy atom. The largest absolute Gasteiger partial charge is 0.440 e. The molecule has 2 aliphatic heterocycles. The molecule has 3 heterocycles. The minimum Gasteiger partial charge on any atom is -0.440 e. The Balaban J connectivity index is 1.23. The molecule has 6 aromatic rings. The summed E-state index contributed by atoms with van der Waals surface area (Å²) in [4.78, 5) is 5.27. The molecular formula is C64H77BN2O. The molecule has 0 amide bonds. The van der Waals surface area contributed by atoms with Crippen LogP contribution in [-0.2, 0) is 43.3 Å². The van der Waals surface area contributed by atoms with Crippen LogP contribution in [0.1, 0.15) is 207 Å². The third kappa shape index (κ3) is 6.16. The van der Waals surface area contributed by atoms with Crippen molar-refractivity contribution < 1.29 is 4.42 Å². The van der Waals surface area contributed by atoms with Gasteiger partial charge < -0.3 is 9.32 Å². The normalized spacial score (nSPS) is 24.5. The number of rotatable bonds is 2. The quantitative estimate of drug-likeness (QED) is 0.161. The summed E-state index contributed by atoms with van der Waals surface area (Å²) in [7, 11) is 0. The molecule has 1 aromatic heterocycles. The van der Waals surface area contributed by atoms with Crippen LogP contribution in [0.4, 0.5) is 34.3 Å². The van der Waals surface area contributed by atoms with Crippen molar-refractivity contribution in [1.29, 1.82) is 0 Å². The van der Waals surface area contributed by atoms with E-state index in [1.807, 2.05) is 0 Å². The van der Waals surface area contributed by atoms with Gasteiger partial charge in [0.1, 0.15) is 5.58 Å². The van der Waals surface area contributed by atoms with Gasteiger partial charge in [0, 0.05) is 39.3 Å². The summed E-state index contributed by atoms with van der Waals surface area (Å²) in [5.74, 6) is 0.984. The predicted molar refractivity (Wildman–Crippen MR) is 291 cm³/mol. The molecule has 0 saturated heterocycles. The highest BCUT2D eigenvalue weighted by atomic mass is 16.4. The first-order valence-electron chi connectivity index (χ1n) is 26.5. The van der Waals surface area contributed by atoms with E-state index in [1.54, 1.807) is 5.56 Å². The fourth-order valence-corrected chi connectivity index (χ4v) is 14.3. The van der Waals surface area contributed by atoms with E-state index < -0.39 is 0 Å². The number of fused-ring (bicyclic) bond motifs is 10. The van der Waals surface area contributed by atoms with Gasteiger partial charge in [0.15, 0.2) is 0 Å². The zero-order valence-corrected chi connectivity index (χ0v) is 44.5. The van der Waals surface area contributed by atoms with Gasteiger partial charge in [-0.1, -0.05) is 135 Å². The van der Waals surface area contributed by atoms with Gasteiger partial charge in [-0.25, -0.2) is 0 Å². The highest BCUT2D eigenvalue weighted by Gasteiger charge is 2.52. The zero-order chi connectivity index (χ0) is 48.3. The molecule has 0 radical (unpaired) electrons. The Bertz CT molecular complexity index is 3130. The van der Waals surface area contributed by atoms with Gasteiger partial charge in [-0.2, -0.15) is 0 Å². The molecule has 5 aromatic carbocycles. The second-order valence-electron chi connectivity index (χ2n) is 28.1. The van der Waals surface area contributed by atoms with Gasteiger partial charge in [0.2, 0.25) is 5.88 Å². The summed E-state index contributed by atoms with van der Waals surface area (Å²) in [6.07, 6.45) is 9.74. The molecule has 2 bridgehead atoms. The molecule has 13 rings (SSSR count). The molecule has 352 valence electrons. The van der Waals surface area contributed by atoms with Crippen LogP contribution >= 0.6 is 0 Å². The van der Waals surface area contributed by atoms with E-state index in [4.69, 9.17) is 4.42 Å². The number of benzene rings is 5. The molecule has 3 nitrogen and oxygen atoms in total. The van der Waals surface area contributed by atoms with Crippen molar-refractivity contribution in [3.8, 4) is 0 Å². The lowest BCUT2D eigenvalue weighted by Crippen LogP contribution is -2.61. The van der Waals surface area contributed by atoms with E-state index in [0.717, 1.165) is 17.2 Å². The van der Waals surface area contributed by atoms with Gasteiger partial charge in [0.05, 0.1) is 0 Å². The van der Waals surface area contributed by atoms with Crippen LogP contribution in [0.15, 0.2) is 83.3 Å². The van der Waals surface area contributed by atoms with Crippen LogP contribution in [-0.4, -0.2) is 6.71 Å². The molecule has 1 fully saturated rings. The summed E-state index contributed by atoms with van der Waals surface area (Å²) in [6.45, 7) is 39.1. The van der Waals surface area contributed by atoms with Crippen molar-refractivity contribution in [3.05, 3.63) is 123 Å². The first-order valence-corrected chi connectivity index (χ1v) is 26.5. The predicted octanol–water partition coefficient (Wildman–Crippen LogP) is 15.9. The molecular weight excluding hydrogens is 824 g/mol. The lowest BCUT2D eigenvalue weighted by Gasteiger charge is -2.52. The Hall–Kier alpha value is -4.70. The van der Waals surface area contributed by atoms with Crippen LogP contribution < -0.4 is 26.2 Å². The van der Waals surface area contributed by atoms with Gasteiger partial charge in [-0.05, 0) is 205 Å². The summed E-state index contributed by atoms with van der Waals surface area (Å²) >= 11 is 0. The minimum atomic E-state index is -0.115. The average Bonchev–Trinajstić information content (AvgIpc) is 3.64. The number of furan rings is 1. The maximum atomic E-state index is 7.62. The number of nitrogens with zero attached hydrogens (tertiary/aromatic N) is 2. The van der Waals surface area contributed by atoms with Gasteiger partial charge in [0.25, 0.3) is 6.71 Å². The van der Waals surface area contributed by atoms with Crippen LogP contribution in [0.3, 0.4) is 0 Å². The molecule has 5 aliphatic carbocycles. The van der Waals surface area contributed by atoms with E-state index in [0.29, 0.717) is 0 Å². The zero-order valence-electron chi connectivity index (χ0n) is 44.5. The smallest absolute Gasteiger partial charge is 0.257 e. The van der Waals surface area contributed by atoms with Gasteiger partial charge in [-0.15, -0.1) is 0 Å². The Kier molecular flexibility index (Phi) is 8.89. The Morgan fingerprint density at radius 1 is 0.426 bits per heavy atom. The fourth-order valence-electron chi connectivity index (χ4n) is 14.3. The maximum absolute atomic E-state index is 7.62. The standard InChI is InChI=1S/C64H77BN2O/c1-57(2,3)38-17-19-40(20-18-38)67-52-32-39(58(4,5)6)31-51-55(52)65(54-42-34-47-48(37-53(42)68-56(54)67)64(16)29-27-63(47,15)28-30-64)49-35-45-46(62(13,14)26-25-61(45,11)12)36-50(49)66(51)41-21-22-43-44(33-41)60(9,10)24-23-59(43,7)8/h17-22,31-37H,23-30H2,1-16H3. The van der Waals surface area contributed by atoms with E-state index in [9.17, 15) is 0 Å². The van der Waals surface area contributed by atoms with E-state index in [2.05, 4.69) is 199 Å². The van der Waals surface area contributed by atoms with Gasteiger partial charge >= 0.3 is 0 Å². The summed E-state index contributed by atoms with van der Waals surface area (Å²) in [6, 6.07) is 32.7. The minimum absolute atomic E-state index is 0.0250. The van der Waals surface area contributed by atoms with Gasteiger partial charge in [-0.3, -0.25) is 4.90 Å². The van der Waals surface area contributed by atoms with E-state index >= 15 is 0 Å². The van der Waals surface area contributed by atoms with Crippen LogP contribution in [0.25, 0.3) is 11.0 Å². The highest BCUT2D eigenvalue weighted by Crippen LogP contribution is 2.58. The van der Waals surface area contributed by atoms with Crippen molar-refractivity contribution in [3.63, 3.8) is 0 Å². The molecule has 4 heteroatoms. The summed E-state index contributed by atoms with van der Waals surface area (Å²) in [5.41, 5.74) is 23.8. The average molecular weight is 901 g/mol. The van der Waals surface area contributed by atoms with Crippen LogP contribution in [0.5, 0.6) is 0 Å². The highest BCUT2D eigenvalue weighted by molar-refractivity contribution is 7.01. The Morgan fingerprint density at radius 2 is 0.912 bits per heavy atom. The molecule has 0 atom stereocenters. The van der Waals surface area contributed by atoms with E-state index in [1.165, 1.54) is 135 Å². The molecule has 0 unspecified atom stereocenters. The number of hydrogen-bond acceptors (Lipinski definition) is 3. The van der Waals surface area contributed by atoms with Crippen molar-refractivity contribution in [2.45, 2.75) is 205 Å². The second kappa shape index (κ2) is 13.6. The lowest BCUT2D eigenvalue weighted by atomic mass is 9.33. The summed E-state index contributed by atoms with van der Waals surface area (Å²) < 4.78 is 7.62. The van der Waals surface area contributed by atoms with Crippen LogP contribution in [0, 0.1) is 0 Å². The maximum Gasteiger partial charge on any atom is 0.257 e. The topological polar surface area (TPSA) is 19.6 Å². The lowest BCUT2D eigenvalue weighted by molar-refractivity contribution is 0.188. The second-order valence-corrected chi connectivity index (χ2v) is 28.1. The monoisotopic (exact) mass is 901 g/mol.